The van der Waals surface area contributed by atoms with Crippen LogP contribution in [0.5, 0.6) is 0 Å². The van der Waals surface area contributed by atoms with Gasteiger partial charge in [-0.2, -0.15) is 10.2 Å². The lowest BCUT2D eigenvalue weighted by atomic mass is 10.00. The Balaban J connectivity index is 1.22. The molecule has 0 amide bonds. The molecule has 156 valence electrons. The number of rotatable bonds is 4. The van der Waals surface area contributed by atoms with E-state index in [9.17, 15) is 0 Å². The summed E-state index contributed by atoms with van der Waals surface area (Å²) < 4.78 is 3.95. The summed E-state index contributed by atoms with van der Waals surface area (Å²) in [7, 11) is 1.92. The highest BCUT2D eigenvalue weighted by Crippen LogP contribution is 2.34. The van der Waals surface area contributed by atoms with Crippen LogP contribution in [0.15, 0.2) is 61.4 Å². The molecule has 1 unspecified atom stereocenters. The van der Waals surface area contributed by atoms with E-state index in [4.69, 9.17) is 0 Å². The molecule has 1 aromatic carbocycles. The third kappa shape index (κ3) is 3.55. The Labute approximate surface area is 181 Å². The van der Waals surface area contributed by atoms with E-state index in [0.717, 1.165) is 33.6 Å². The topological polar surface area (TPSA) is 73.5 Å². The molecule has 31 heavy (non-hydrogen) atoms. The lowest BCUT2D eigenvalue weighted by Crippen LogP contribution is -2.38. The van der Waals surface area contributed by atoms with Gasteiger partial charge in [-0.25, -0.2) is 9.97 Å². The SMILES string of the molecule is Cn1cc(-c2cccc(-c3ncc(-c4cnn(C5C[C@H]6CC[C@@H](C5)N6)c4)cn3)c2)cn1. The third-order valence-corrected chi connectivity index (χ3v) is 6.57. The molecule has 3 atom stereocenters. The molecule has 5 heterocycles. The second-order valence-electron chi connectivity index (χ2n) is 8.75. The summed E-state index contributed by atoms with van der Waals surface area (Å²) in [6.45, 7) is 0. The smallest absolute Gasteiger partial charge is 0.159 e. The maximum atomic E-state index is 4.67. The minimum Gasteiger partial charge on any atom is -0.311 e. The highest BCUT2D eigenvalue weighted by atomic mass is 15.3. The number of nitrogens with one attached hydrogen (secondary N) is 1. The van der Waals surface area contributed by atoms with E-state index in [1.54, 1.807) is 0 Å². The third-order valence-electron chi connectivity index (χ3n) is 6.57. The number of nitrogens with zero attached hydrogens (tertiary/aromatic N) is 6. The fraction of sp³-hybridized carbons (Fsp3) is 0.333. The number of fused-ring (bicyclic) bond motifs is 2. The minimum atomic E-state index is 0.489. The number of aromatic nitrogens is 6. The van der Waals surface area contributed by atoms with Crippen molar-refractivity contribution in [2.75, 3.05) is 0 Å². The Morgan fingerprint density at radius 1 is 0.806 bits per heavy atom. The summed E-state index contributed by atoms with van der Waals surface area (Å²) in [5.74, 6) is 0.719. The lowest BCUT2D eigenvalue weighted by molar-refractivity contribution is 0.281. The molecule has 2 fully saturated rings. The van der Waals surface area contributed by atoms with Crippen LogP contribution in [0.1, 0.15) is 31.7 Å². The molecule has 0 saturated carbocycles. The van der Waals surface area contributed by atoms with Crippen molar-refractivity contribution in [2.24, 2.45) is 7.05 Å². The Morgan fingerprint density at radius 2 is 1.52 bits per heavy atom. The first-order chi connectivity index (χ1) is 15.2. The molecule has 3 aromatic heterocycles. The maximum absolute atomic E-state index is 4.67. The summed E-state index contributed by atoms with van der Waals surface area (Å²) >= 11 is 0. The Morgan fingerprint density at radius 3 is 2.26 bits per heavy atom. The Bertz CT molecular complexity index is 1190. The van der Waals surface area contributed by atoms with Gasteiger partial charge in [0.25, 0.3) is 0 Å². The first-order valence-corrected chi connectivity index (χ1v) is 10.9. The van der Waals surface area contributed by atoms with Crippen molar-refractivity contribution >= 4 is 0 Å². The van der Waals surface area contributed by atoms with Gasteiger partial charge in [0.1, 0.15) is 0 Å². The van der Waals surface area contributed by atoms with Crippen LogP contribution < -0.4 is 5.32 Å². The Kier molecular flexibility index (Phi) is 4.42. The molecule has 0 aliphatic carbocycles. The van der Waals surface area contributed by atoms with Crippen molar-refractivity contribution in [3.63, 3.8) is 0 Å². The molecule has 2 aliphatic heterocycles. The molecular weight excluding hydrogens is 386 g/mol. The van der Waals surface area contributed by atoms with Crippen LogP contribution in [-0.4, -0.2) is 41.6 Å². The van der Waals surface area contributed by atoms with Crippen LogP contribution in [-0.2, 0) is 7.05 Å². The summed E-state index contributed by atoms with van der Waals surface area (Å²) in [5, 5.41) is 12.6. The van der Waals surface area contributed by atoms with Crippen molar-refractivity contribution in [1.82, 2.24) is 34.8 Å². The zero-order valence-corrected chi connectivity index (χ0v) is 17.5. The summed E-state index contributed by atoms with van der Waals surface area (Å²) in [4.78, 5) is 9.28. The second kappa shape index (κ2) is 7.42. The molecular formula is C24H25N7. The molecule has 6 rings (SSSR count). The molecule has 1 N–H and O–H groups in total. The first-order valence-electron chi connectivity index (χ1n) is 10.9. The fourth-order valence-electron chi connectivity index (χ4n) is 4.96. The van der Waals surface area contributed by atoms with Crippen LogP contribution in [0.25, 0.3) is 33.6 Å². The fourth-order valence-corrected chi connectivity index (χ4v) is 4.96. The molecule has 2 saturated heterocycles. The monoisotopic (exact) mass is 411 g/mol. The maximum Gasteiger partial charge on any atom is 0.159 e. The summed E-state index contributed by atoms with van der Waals surface area (Å²) in [6, 6.07) is 10.1. The van der Waals surface area contributed by atoms with Gasteiger partial charge in [-0.05, 0) is 37.3 Å². The second-order valence-corrected chi connectivity index (χ2v) is 8.75. The quantitative estimate of drug-likeness (QED) is 0.552. The molecule has 7 nitrogen and oxygen atoms in total. The Hall–Kier alpha value is -3.32. The van der Waals surface area contributed by atoms with E-state index in [0.29, 0.717) is 18.1 Å². The van der Waals surface area contributed by atoms with E-state index >= 15 is 0 Å². The van der Waals surface area contributed by atoms with Crippen LogP contribution >= 0.6 is 0 Å². The van der Waals surface area contributed by atoms with E-state index in [1.165, 1.54) is 25.7 Å². The van der Waals surface area contributed by atoms with E-state index in [2.05, 4.69) is 48.5 Å². The van der Waals surface area contributed by atoms with Gasteiger partial charge < -0.3 is 5.32 Å². The minimum absolute atomic E-state index is 0.489. The molecule has 2 bridgehead atoms. The van der Waals surface area contributed by atoms with Gasteiger partial charge in [-0.1, -0.05) is 18.2 Å². The van der Waals surface area contributed by atoms with E-state index < -0.39 is 0 Å². The van der Waals surface area contributed by atoms with Gasteiger partial charge in [0.2, 0.25) is 0 Å². The van der Waals surface area contributed by atoms with Crippen LogP contribution in [0.3, 0.4) is 0 Å². The highest BCUT2D eigenvalue weighted by Gasteiger charge is 2.34. The lowest BCUT2D eigenvalue weighted by Gasteiger charge is -2.29. The number of benzene rings is 1. The number of piperidine rings is 1. The van der Waals surface area contributed by atoms with Gasteiger partial charge in [0, 0.05) is 66.2 Å². The molecule has 0 radical (unpaired) electrons. The zero-order chi connectivity index (χ0) is 20.8. The predicted molar refractivity (Wildman–Crippen MR) is 119 cm³/mol. The normalized spacial score (nSPS) is 22.7. The van der Waals surface area contributed by atoms with Gasteiger partial charge in [-0.3, -0.25) is 9.36 Å². The number of aryl methyl sites for hydroxylation is 1. The predicted octanol–water partition coefficient (Wildman–Crippen LogP) is 3.86. The first kappa shape index (κ1) is 18.4. The van der Waals surface area contributed by atoms with Gasteiger partial charge in [-0.15, -0.1) is 0 Å². The highest BCUT2D eigenvalue weighted by molar-refractivity contribution is 5.70. The number of hydrogen-bond acceptors (Lipinski definition) is 5. The molecule has 7 heteroatoms. The average molecular weight is 412 g/mol. The summed E-state index contributed by atoms with van der Waals surface area (Å²) in [6.07, 6.45) is 16.7. The van der Waals surface area contributed by atoms with Crippen LogP contribution in [0.4, 0.5) is 0 Å². The van der Waals surface area contributed by atoms with Crippen LogP contribution in [0.2, 0.25) is 0 Å². The van der Waals surface area contributed by atoms with Crippen molar-refractivity contribution in [3.8, 4) is 33.6 Å². The van der Waals surface area contributed by atoms with Crippen molar-refractivity contribution in [1.29, 1.82) is 0 Å². The van der Waals surface area contributed by atoms with E-state index in [-0.39, 0.29) is 0 Å². The average Bonchev–Trinajstić information content (AvgIpc) is 3.54. The zero-order valence-electron chi connectivity index (χ0n) is 17.5. The molecule has 4 aromatic rings. The largest absolute Gasteiger partial charge is 0.311 e. The van der Waals surface area contributed by atoms with Gasteiger partial charge >= 0.3 is 0 Å². The van der Waals surface area contributed by atoms with Crippen molar-refractivity contribution < 1.29 is 0 Å². The van der Waals surface area contributed by atoms with E-state index in [1.807, 2.05) is 54.8 Å². The number of hydrogen-bond donors (Lipinski definition) is 1. The summed E-state index contributed by atoms with van der Waals surface area (Å²) in [5.41, 5.74) is 5.25. The molecule has 2 aliphatic rings. The van der Waals surface area contributed by atoms with Crippen molar-refractivity contribution in [3.05, 3.63) is 61.4 Å². The standard InChI is InChI=1S/C24H25N7/c1-30-14-19(12-27-30)16-3-2-4-17(7-16)24-25-10-18(11-26-24)20-13-28-31(15-20)23-8-21-5-6-22(9-23)29-21/h2-4,7,10-15,21-23,29H,5-6,8-9H2,1H3/t21-,22+,23?. The van der Waals surface area contributed by atoms with Crippen molar-refractivity contribution in [2.45, 2.75) is 43.8 Å². The van der Waals surface area contributed by atoms with Gasteiger partial charge in [0.15, 0.2) is 5.82 Å². The molecule has 0 spiro atoms. The van der Waals surface area contributed by atoms with Crippen LogP contribution in [0, 0.1) is 0 Å². The van der Waals surface area contributed by atoms with Gasteiger partial charge in [0.05, 0.1) is 18.4 Å².